The molecule has 0 aliphatic carbocycles. The van der Waals surface area contributed by atoms with Crippen molar-refractivity contribution in [1.29, 1.82) is 0 Å². The molecule has 2 fully saturated rings. The van der Waals surface area contributed by atoms with Crippen LogP contribution in [0.3, 0.4) is 0 Å². The van der Waals surface area contributed by atoms with Gasteiger partial charge in [0, 0.05) is 37.5 Å². The molecule has 144 valence electrons. The molecular weight excluding hydrogens is 324 g/mol. The summed E-state index contributed by atoms with van der Waals surface area (Å²) in [7, 11) is 0. The quantitative estimate of drug-likeness (QED) is 0.781. The molecule has 2 atom stereocenters. The van der Waals surface area contributed by atoms with E-state index in [1.165, 1.54) is 0 Å². The fraction of sp³-hybridized carbons (Fsp3) is 0.889. The average molecular weight is 356 g/mol. The van der Waals surface area contributed by atoms with Crippen molar-refractivity contribution < 1.29 is 24.2 Å². The first-order chi connectivity index (χ1) is 11.4. The number of hydrogen-bond acceptors (Lipinski definition) is 5. The van der Waals surface area contributed by atoms with E-state index in [2.05, 4.69) is 0 Å². The van der Waals surface area contributed by atoms with E-state index in [1.807, 2.05) is 41.5 Å². The Morgan fingerprint density at radius 2 is 1.48 bits per heavy atom. The third kappa shape index (κ3) is 4.77. The van der Waals surface area contributed by atoms with Crippen LogP contribution >= 0.6 is 0 Å². The lowest BCUT2D eigenvalue weighted by Gasteiger charge is -2.42. The van der Waals surface area contributed by atoms with E-state index >= 15 is 0 Å². The second-order valence-electron chi connectivity index (χ2n) is 9.25. The summed E-state index contributed by atoms with van der Waals surface area (Å²) in [5, 5.41) is 9.98. The molecule has 2 amide bonds. The fourth-order valence-corrected chi connectivity index (χ4v) is 3.50. The Morgan fingerprint density at radius 3 is 1.96 bits per heavy atom. The van der Waals surface area contributed by atoms with Crippen LogP contribution in [-0.4, -0.2) is 71.1 Å². The molecule has 2 saturated heterocycles. The third-order valence-corrected chi connectivity index (χ3v) is 4.75. The number of aliphatic hydroxyl groups excluding tert-OH is 1. The Kier molecular flexibility index (Phi) is 5.28. The van der Waals surface area contributed by atoms with E-state index < -0.39 is 11.2 Å². The van der Waals surface area contributed by atoms with Crippen molar-refractivity contribution in [3.05, 3.63) is 0 Å². The summed E-state index contributed by atoms with van der Waals surface area (Å²) < 4.78 is 10.9. The molecule has 0 bridgehead atoms. The van der Waals surface area contributed by atoms with Gasteiger partial charge in [-0.3, -0.25) is 0 Å². The SMILES string of the molecule is CC(C)(C)OC(=O)N1CCC2(CO)CN(C(=O)OC(C)(C)C)CC2C1. The fourth-order valence-electron chi connectivity index (χ4n) is 3.50. The smallest absolute Gasteiger partial charge is 0.410 e. The standard InChI is InChI=1S/C18H32N2O5/c1-16(2,3)24-14(22)19-8-7-18(12-21)11-20(10-13(18)9-19)15(23)25-17(4,5)6/h13,21H,7-12H2,1-6H3. The van der Waals surface area contributed by atoms with E-state index in [1.54, 1.807) is 9.80 Å². The summed E-state index contributed by atoms with van der Waals surface area (Å²) in [6, 6.07) is 0. The van der Waals surface area contributed by atoms with Crippen LogP contribution in [-0.2, 0) is 9.47 Å². The molecule has 0 aromatic carbocycles. The maximum Gasteiger partial charge on any atom is 0.410 e. The van der Waals surface area contributed by atoms with Crippen LogP contribution in [0.1, 0.15) is 48.0 Å². The van der Waals surface area contributed by atoms with Gasteiger partial charge in [0.05, 0.1) is 6.61 Å². The number of likely N-dealkylation sites (tertiary alicyclic amines) is 2. The predicted molar refractivity (Wildman–Crippen MR) is 93.2 cm³/mol. The highest BCUT2D eigenvalue weighted by atomic mass is 16.6. The van der Waals surface area contributed by atoms with Gasteiger partial charge in [0.1, 0.15) is 11.2 Å². The van der Waals surface area contributed by atoms with Crippen molar-refractivity contribution in [2.45, 2.75) is 59.2 Å². The molecule has 0 saturated carbocycles. The molecule has 7 heteroatoms. The van der Waals surface area contributed by atoms with Gasteiger partial charge in [0.25, 0.3) is 0 Å². The minimum Gasteiger partial charge on any atom is -0.444 e. The number of ether oxygens (including phenoxy) is 2. The zero-order chi connectivity index (χ0) is 19.0. The Labute approximate surface area is 150 Å². The lowest BCUT2D eigenvalue weighted by atomic mass is 9.73. The molecule has 2 heterocycles. The predicted octanol–water partition coefficient (Wildman–Crippen LogP) is 2.47. The largest absolute Gasteiger partial charge is 0.444 e. The number of amides is 2. The van der Waals surface area contributed by atoms with Crippen LogP contribution in [0.15, 0.2) is 0 Å². The first kappa shape index (κ1) is 19.8. The van der Waals surface area contributed by atoms with Gasteiger partial charge < -0.3 is 24.4 Å². The summed E-state index contributed by atoms with van der Waals surface area (Å²) in [5.74, 6) is 0.0197. The maximum absolute atomic E-state index is 12.4. The first-order valence-electron chi connectivity index (χ1n) is 8.92. The van der Waals surface area contributed by atoms with Crippen LogP contribution < -0.4 is 0 Å². The molecule has 25 heavy (non-hydrogen) atoms. The summed E-state index contributed by atoms with van der Waals surface area (Å²) in [6.45, 7) is 13.0. The van der Waals surface area contributed by atoms with Gasteiger partial charge in [0.2, 0.25) is 0 Å². The van der Waals surface area contributed by atoms with Crippen molar-refractivity contribution in [3.63, 3.8) is 0 Å². The number of hydrogen-bond donors (Lipinski definition) is 1. The van der Waals surface area contributed by atoms with Crippen molar-refractivity contribution in [1.82, 2.24) is 9.80 Å². The number of carbonyl (C=O) groups is 2. The Hall–Kier alpha value is -1.50. The van der Waals surface area contributed by atoms with Gasteiger partial charge in [-0.1, -0.05) is 0 Å². The topological polar surface area (TPSA) is 79.3 Å². The average Bonchev–Trinajstić information content (AvgIpc) is 2.82. The minimum absolute atomic E-state index is 0.000870. The molecule has 7 nitrogen and oxygen atoms in total. The van der Waals surface area contributed by atoms with E-state index in [-0.39, 0.29) is 30.1 Å². The number of piperidine rings is 1. The lowest BCUT2D eigenvalue weighted by Crippen LogP contribution is -2.51. The normalized spacial score (nSPS) is 27.1. The van der Waals surface area contributed by atoms with Crippen LogP contribution in [0.2, 0.25) is 0 Å². The van der Waals surface area contributed by atoms with Gasteiger partial charge >= 0.3 is 12.2 Å². The second kappa shape index (κ2) is 6.67. The zero-order valence-electron chi connectivity index (χ0n) is 16.3. The summed E-state index contributed by atoms with van der Waals surface area (Å²) in [6.07, 6.45) is -0.0551. The number of aliphatic hydroxyl groups is 1. The molecular formula is C18H32N2O5. The Balaban J connectivity index is 2.05. The van der Waals surface area contributed by atoms with Crippen molar-refractivity contribution in [3.8, 4) is 0 Å². The second-order valence-corrected chi connectivity index (χ2v) is 9.25. The molecule has 2 rings (SSSR count). The van der Waals surface area contributed by atoms with E-state index in [0.29, 0.717) is 32.6 Å². The van der Waals surface area contributed by atoms with Crippen LogP contribution in [0.4, 0.5) is 9.59 Å². The van der Waals surface area contributed by atoms with E-state index in [9.17, 15) is 14.7 Å². The van der Waals surface area contributed by atoms with E-state index in [4.69, 9.17) is 9.47 Å². The number of fused-ring (bicyclic) bond motifs is 1. The van der Waals surface area contributed by atoms with Crippen molar-refractivity contribution >= 4 is 12.2 Å². The molecule has 0 radical (unpaired) electrons. The van der Waals surface area contributed by atoms with Gasteiger partial charge in [-0.05, 0) is 48.0 Å². The van der Waals surface area contributed by atoms with Crippen molar-refractivity contribution in [2.24, 2.45) is 11.3 Å². The van der Waals surface area contributed by atoms with Gasteiger partial charge in [-0.15, -0.1) is 0 Å². The maximum atomic E-state index is 12.4. The Morgan fingerprint density at radius 1 is 1.00 bits per heavy atom. The zero-order valence-corrected chi connectivity index (χ0v) is 16.3. The van der Waals surface area contributed by atoms with Gasteiger partial charge in [-0.25, -0.2) is 9.59 Å². The monoisotopic (exact) mass is 356 g/mol. The van der Waals surface area contributed by atoms with Gasteiger partial charge in [-0.2, -0.15) is 0 Å². The van der Waals surface area contributed by atoms with Crippen molar-refractivity contribution in [2.75, 3.05) is 32.8 Å². The molecule has 1 N–H and O–H groups in total. The van der Waals surface area contributed by atoms with E-state index in [0.717, 1.165) is 0 Å². The van der Waals surface area contributed by atoms with Crippen LogP contribution in [0.5, 0.6) is 0 Å². The number of carbonyl (C=O) groups excluding carboxylic acids is 2. The lowest BCUT2D eigenvalue weighted by molar-refractivity contribution is -0.0127. The molecule has 0 spiro atoms. The summed E-state index contributed by atoms with van der Waals surface area (Å²) in [4.78, 5) is 28.1. The summed E-state index contributed by atoms with van der Waals surface area (Å²) in [5.41, 5.74) is -1.46. The number of rotatable bonds is 1. The molecule has 0 aromatic heterocycles. The molecule has 2 unspecified atom stereocenters. The number of nitrogens with zero attached hydrogens (tertiary/aromatic N) is 2. The highest BCUT2D eigenvalue weighted by molar-refractivity contribution is 5.70. The third-order valence-electron chi connectivity index (χ3n) is 4.75. The highest BCUT2D eigenvalue weighted by Crippen LogP contribution is 2.43. The Bertz CT molecular complexity index is 523. The molecule has 2 aliphatic heterocycles. The highest BCUT2D eigenvalue weighted by Gasteiger charge is 2.52. The summed E-state index contributed by atoms with van der Waals surface area (Å²) >= 11 is 0. The van der Waals surface area contributed by atoms with Gasteiger partial charge in [0.15, 0.2) is 0 Å². The first-order valence-corrected chi connectivity index (χ1v) is 8.92. The van der Waals surface area contributed by atoms with Crippen LogP contribution in [0, 0.1) is 11.3 Å². The molecule has 0 aromatic rings. The minimum atomic E-state index is -0.556. The van der Waals surface area contributed by atoms with Crippen LogP contribution in [0.25, 0.3) is 0 Å². The molecule has 2 aliphatic rings.